The Morgan fingerprint density at radius 1 is 1.24 bits per heavy atom. The lowest BCUT2D eigenvalue weighted by Gasteiger charge is -2.47. The van der Waals surface area contributed by atoms with E-state index in [-0.39, 0.29) is 28.9 Å². The fraction of sp³-hybridized carbons (Fsp3) is 0.385. The molecule has 2 heterocycles. The van der Waals surface area contributed by atoms with Crippen molar-refractivity contribution in [3.8, 4) is 0 Å². The Balaban J connectivity index is 1.63. The first-order valence-corrected chi connectivity index (χ1v) is 12.2. The van der Waals surface area contributed by atoms with Gasteiger partial charge in [0.1, 0.15) is 0 Å². The van der Waals surface area contributed by atoms with Crippen LogP contribution < -0.4 is 4.90 Å². The number of non-ortho nitro benzene ring substituents is 1. The summed E-state index contributed by atoms with van der Waals surface area (Å²) < 4.78 is 0. The minimum Gasteiger partial charge on any atom is -0.366 e. The molecule has 0 radical (unpaired) electrons. The van der Waals surface area contributed by atoms with Crippen LogP contribution in [0, 0.1) is 17.0 Å². The van der Waals surface area contributed by atoms with Crippen molar-refractivity contribution >= 4 is 40.4 Å². The third kappa shape index (κ3) is 4.34. The largest absolute Gasteiger partial charge is 0.366 e. The van der Waals surface area contributed by atoms with Crippen molar-refractivity contribution in [1.29, 1.82) is 0 Å². The maximum absolute atomic E-state index is 13.1. The molecule has 4 rings (SSSR count). The van der Waals surface area contributed by atoms with Gasteiger partial charge in [0.2, 0.25) is 0 Å². The highest BCUT2D eigenvalue weighted by Crippen LogP contribution is 2.45. The Morgan fingerprint density at radius 3 is 2.65 bits per heavy atom. The molecule has 0 saturated carbocycles. The van der Waals surface area contributed by atoms with Gasteiger partial charge in [0.15, 0.2) is 0 Å². The fourth-order valence-electron chi connectivity index (χ4n) is 5.13. The molecule has 178 valence electrons. The monoisotopic (exact) mass is 479 g/mol. The molecule has 0 spiro atoms. The average molecular weight is 480 g/mol. The van der Waals surface area contributed by atoms with Crippen molar-refractivity contribution in [3.63, 3.8) is 0 Å². The lowest BCUT2D eigenvalue weighted by atomic mass is 9.79. The number of benzene rings is 2. The van der Waals surface area contributed by atoms with Crippen LogP contribution >= 0.6 is 11.8 Å². The molecule has 8 heteroatoms. The zero-order valence-electron chi connectivity index (χ0n) is 20.1. The van der Waals surface area contributed by atoms with Gasteiger partial charge in [-0.05, 0) is 92.3 Å². The molecule has 0 aliphatic carbocycles. The maximum atomic E-state index is 13.1. The lowest BCUT2D eigenvalue weighted by Crippen LogP contribution is -2.48. The summed E-state index contributed by atoms with van der Waals surface area (Å²) in [6.45, 7) is 11.9. The second-order valence-corrected chi connectivity index (χ2v) is 10.6. The van der Waals surface area contributed by atoms with Crippen molar-refractivity contribution < 1.29 is 14.5 Å². The van der Waals surface area contributed by atoms with E-state index in [0.717, 1.165) is 40.8 Å². The topological polar surface area (TPSA) is 83.8 Å². The highest BCUT2D eigenvalue weighted by molar-refractivity contribution is 8.18. The molecule has 34 heavy (non-hydrogen) atoms. The smallest absolute Gasteiger partial charge is 0.293 e. The molecule has 2 aromatic rings. The van der Waals surface area contributed by atoms with E-state index in [1.54, 1.807) is 18.2 Å². The molecule has 2 aliphatic rings. The highest BCUT2D eigenvalue weighted by Gasteiger charge is 2.37. The summed E-state index contributed by atoms with van der Waals surface area (Å²) in [5, 5.41) is 10.7. The summed E-state index contributed by atoms with van der Waals surface area (Å²) in [7, 11) is 0. The van der Waals surface area contributed by atoms with Crippen LogP contribution in [-0.2, 0) is 11.3 Å². The highest BCUT2D eigenvalue weighted by atomic mass is 32.2. The number of carbonyl (C=O) groups is 2. The zero-order valence-corrected chi connectivity index (χ0v) is 20.9. The number of carbonyl (C=O) groups excluding carboxylic acids is 2. The van der Waals surface area contributed by atoms with E-state index >= 15 is 0 Å². The number of hydrogen-bond acceptors (Lipinski definition) is 6. The van der Waals surface area contributed by atoms with Crippen LogP contribution in [0.5, 0.6) is 0 Å². The van der Waals surface area contributed by atoms with Gasteiger partial charge in [0.25, 0.3) is 16.8 Å². The third-order valence-electron chi connectivity index (χ3n) is 6.71. The van der Waals surface area contributed by atoms with Gasteiger partial charge >= 0.3 is 0 Å². The van der Waals surface area contributed by atoms with Crippen LogP contribution in [0.15, 0.2) is 41.3 Å². The predicted molar refractivity (Wildman–Crippen MR) is 136 cm³/mol. The zero-order chi connectivity index (χ0) is 24.8. The van der Waals surface area contributed by atoms with Gasteiger partial charge in [-0.2, -0.15) is 0 Å². The molecule has 1 fully saturated rings. The van der Waals surface area contributed by atoms with Crippen molar-refractivity contribution in [3.05, 3.63) is 73.7 Å². The molecule has 0 aromatic heterocycles. The van der Waals surface area contributed by atoms with Crippen LogP contribution in [0.3, 0.4) is 0 Å². The predicted octanol–water partition coefficient (Wildman–Crippen LogP) is 6.25. The van der Waals surface area contributed by atoms with Gasteiger partial charge in [-0.3, -0.25) is 24.6 Å². The first kappa shape index (κ1) is 24.0. The molecule has 2 aromatic carbocycles. The van der Waals surface area contributed by atoms with E-state index in [1.807, 2.05) is 6.92 Å². The number of nitro groups is 1. The Labute approximate surface area is 204 Å². The normalized spacial score (nSPS) is 20.7. The Hall–Kier alpha value is -3.13. The van der Waals surface area contributed by atoms with Gasteiger partial charge in [-0.25, -0.2) is 0 Å². The minimum atomic E-state index is -0.488. The molecule has 2 amide bonds. The van der Waals surface area contributed by atoms with Crippen molar-refractivity contribution in [2.24, 2.45) is 0 Å². The summed E-state index contributed by atoms with van der Waals surface area (Å²) >= 11 is 0.912. The van der Waals surface area contributed by atoms with Gasteiger partial charge in [0, 0.05) is 29.9 Å². The lowest BCUT2D eigenvalue weighted by molar-refractivity contribution is -0.384. The van der Waals surface area contributed by atoms with Crippen LogP contribution in [0.25, 0.3) is 6.08 Å². The van der Waals surface area contributed by atoms with E-state index in [4.69, 9.17) is 0 Å². The minimum absolute atomic E-state index is 0.00440. The van der Waals surface area contributed by atoms with Gasteiger partial charge in [-0.1, -0.05) is 19.1 Å². The quantitative estimate of drug-likeness (QED) is 0.286. The molecule has 0 N–H and O–H groups in total. The summed E-state index contributed by atoms with van der Waals surface area (Å²) in [6.07, 6.45) is 2.84. The van der Waals surface area contributed by atoms with Crippen LogP contribution in [-0.4, -0.2) is 33.1 Å². The number of fused-ring (bicyclic) bond motifs is 1. The SMILES string of the molecule is CCN1c2cc(C)c(/C=C3\SC(=O)N(Cc4cccc([N+](=O)[O-])c4)C3=O)cc2[C@@H](C)CC1(C)C. The van der Waals surface area contributed by atoms with Gasteiger partial charge in [-0.15, -0.1) is 0 Å². The first-order valence-electron chi connectivity index (χ1n) is 11.4. The molecular formula is C26H29N3O4S. The Bertz CT molecular complexity index is 1220. The molecule has 7 nitrogen and oxygen atoms in total. The summed E-state index contributed by atoms with van der Waals surface area (Å²) in [4.78, 5) is 40.2. The molecule has 1 saturated heterocycles. The molecule has 0 bridgehead atoms. The van der Waals surface area contributed by atoms with Crippen molar-refractivity contribution in [2.75, 3.05) is 11.4 Å². The van der Waals surface area contributed by atoms with E-state index in [2.05, 4.69) is 44.7 Å². The van der Waals surface area contributed by atoms with Gasteiger partial charge in [0.05, 0.1) is 16.4 Å². The molecule has 2 aliphatic heterocycles. The van der Waals surface area contributed by atoms with E-state index in [1.165, 1.54) is 23.4 Å². The number of thioether (sulfide) groups is 1. The van der Waals surface area contributed by atoms with E-state index in [0.29, 0.717) is 16.4 Å². The number of nitro benzene ring substituents is 1. The number of anilines is 1. The number of rotatable bonds is 5. The fourth-order valence-corrected chi connectivity index (χ4v) is 5.96. The Morgan fingerprint density at radius 2 is 1.97 bits per heavy atom. The van der Waals surface area contributed by atoms with Crippen molar-refractivity contribution in [2.45, 2.75) is 59.0 Å². The Kier molecular flexibility index (Phi) is 6.29. The van der Waals surface area contributed by atoms with Crippen LogP contribution in [0.2, 0.25) is 0 Å². The van der Waals surface area contributed by atoms with Crippen molar-refractivity contribution in [1.82, 2.24) is 4.90 Å². The number of amides is 2. The third-order valence-corrected chi connectivity index (χ3v) is 7.62. The van der Waals surface area contributed by atoms with Gasteiger partial charge < -0.3 is 4.90 Å². The molecular weight excluding hydrogens is 450 g/mol. The molecule has 0 unspecified atom stereocenters. The van der Waals surface area contributed by atoms with E-state index < -0.39 is 4.92 Å². The van der Waals surface area contributed by atoms with E-state index in [9.17, 15) is 19.7 Å². The summed E-state index contributed by atoms with van der Waals surface area (Å²) in [5.74, 6) is 0.00692. The average Bonchev–Trinajstić information content (AvgIpc) is 3.02. The second kappa shape index (κ2) is 8.91. The van der Waals surface area contributed by atoms with Crippen LogP contribution in [0.4, 0.5) is 16.2 Å². The summed E-state index contributed by atoms with van der Waals surface area (Å²) in [5.41, 5.74) is 5.02. The standard InChI is InChI=1S/C26H29N3O4S/c1-6-28-22-10-16(2)19(12-21(22)17(3)14-26(28,4)5)13-23-24(30)27(25(31)34-23)15-18-8-7-9-20(11-18)29(32)33/h7-13,17H,6,14-15H2,1-5H3/b23-13-/t17-/m0/s1. The number of aryl methyl sites for hydroxylation is 1. The van der Waals surface area contributed by atoms with Crippen LogP contribution in [0.1, 0.15) is 62.3 Å². The number of nitrogens with zero attached hydrogens (tertiary/aromatic N) is 3. The first-order chi connectivity index (χ1) is 16.0. The maximum Gasteiger partial charge on any atom is 0.293 e. The summed E-state index contributed by atoms with van der Waals surface area (Å²) in [6, 6.07) is 10.4. The second-order valence-electron chi connectivity index (χ2n) is 9.62. The number of hydrogen-bond donors (Lipinski definition) is 0. The number of imide groups is 1. The molecule has 1 atom stereocenters.